The maximum absolute atomic E-state index is 2.22. The summed E-state index contributed by atoms with van der Waals surface area (Å²) < 4.78 is 0. The van der Waals surface area contributed by atoms with E-state index in [1.807, 2.05) is 13.8 Å². The summed E-state index contributed by atoms with van der Waals surface area (Å²) in [6, 6.07) is 0. The van der Waals surface area contributed by atoms with Crippen molar-refractivity contribution in [2.45, 2.75) is 61.8 Å². The minimum Gasteiger partial charge on any atom is -0.0683 e. The zero-order chi connectivity index (χ0) is 9.86. The summed E-state index contributed by atoms with van der Waals surface area (Å²) in [5, 5.41) is 0. The Bertz CT molecular complexity index is 32.5. The number of rotatable bonds is 1. The van der Waals surface area contributed by atoms with Crippen LogP contribution in [-0.2, 0) is 0 Å². The predicted molar refractivity (Wildman–Crippen MR) is 57.0 cm³/mol. The Morgan fingerprint density at radius 3 is 0.909 bits per heavy atom. The molecule has 0 aliphatic rings. The van der Waals surface area contributed by atoms with Crippen LogP contribution >= 0.6 is 0 Å². The van der Waals surface area contributed by atoms with E-state index in [-0.39, 0.29) is 0 Å². The maximum atomic E-state index is 2.22. The van der Waals surface area contributed by atoms with Crippen LogP contribution < -0.4 is 0 Å². The van der Waals surface area contributed by atoms with Crippen molar-refractivity contribution < 1.29 is 0 Å². The van der Waals surface area contributed by atoms with Gasteiger partial charge < -0.3 is 0 Å². The molecule has 11 heavy (non-hydrogen) atoms. The lowest BCUT2D eigenvalue weighted by atomic mass is 10.2. The van der Waals surface area contributed by atoms with Gasteiger partial charge in [0, 0.05) is 0 Å². The Hall–Kier alpha value is 0. The van der Waals surface area contributed by atoms with Gasteiger partial charge in [0.2, 0.25) is 0 Å². The first-order chi connectivity index (χ1) is 5.00. The van der Waals surface area contributed by atoms with Crippen LogP contribution in [0.2, 0.25) is 0 Å². The third-order valence-corrected chi connectivity index (χ3v) is 0.816. The molecular weight excluding hydrogens is 132 g/mol. The van der Waals surface area contributed by atoms with Crippen molar-refractivity contribution in [1.29, 1.82) is 0 Å². The summed E-state index contributed by atoms with van der Waals surface area (Å²) >= 11 is 0. The molecule has 0 amide bonds. The largest absolute Gasteiger partial charge is 0.0683 e. The molecular formula is C11H28. The summed E-state index contributed by atoms with van der Waals surface area (Å²) in [7, 11) is 0. The van der Waals surface area contributed by atoms with E-state index in [9.17, 15) is 0 Å². The SMILES string of the molecule is CC.CC(C)C.CCC(C)C. The van der Waals surface area contributed by atoms with Gasteiger partial charge in [-0.25, -0.2) is 0 Å². The lowest BCUT2D eigenvalue weighted by molar-refractivity contribution is 0.626. The van der Waals surface area contributed by atoms with Crippen molar-refractivity contribution >= 4 is 0 Å². The van der Waals surface area contributed by atoms with Crippen LogP contribution in [0.4, 0.5) is 0 Å². The van der Waals surface area contributed by atoms with Crippen molar-refractivity contribution in [3.05, 3.63) is 0 Å². The molecule has 0 aliphatic carbocycles. The van der Waals surface area contributed by atoms with Crippen molar-refractivity contribution in [3.8, 4) is 0 Å². The maximum Gasteiger partial charge on any atom is -0.0474 e. The Morgan fingerprint density at radius 2 is 0.909 bits per heavy atom. The average molecular weight is 160 g/mol. The van der Waals surface area contributed by atoms with Crippen LogP contribution in [0.25, 0.3) is 0 Å². The van der Waals surface area contributed by atoms with Gasteiger partial charge in [-0.05, 0) is 11.8 Å². The van der Waals surface area contributed by atoms with E-state index < -0.39 is 0 Å². The average Bonchev–Trinajstić information content (AvgIpc) is 1.91. The highest BCUT2D eigenvalue weighted by molar-refractivity contribution is 4.32. The summed E-state index contributed by atoms with van der Waals surface area (Å²) in [5.74, 6) is 1.72. The number of hydrogen-bond donors (Lipinski definition) is 0. The molecule has 0 rings (SSSR count). The standard InChI is InChI=1S/C5H12.C4H10.C2H6/c1-4-5(2)3;1-4(2)3;1-2/h5H,4H2,1-3H3;4H,1-3H3;1-2H3. The summed E-state index contributed by atoms with van der Waals surface area (Å²) in [4.78, 5) is 0. The Morgan fingerprint density at radius 1 is 0.818 bits per heavy atom. The molecule has 0 fully saturated rings. The molecule has 0 spiro atoms. The third kappa shape index (κ3) is 160. The molecule has 0 heteroatoms. The molecule has 0 nitrogen and oxygen atoms in total. The predicted octanol–water partition coefficient (Wildman–Crippen LogP) is 4.74. The van der Waals surface area contributed by atoms with Crippen LogP contribution in [0.5, 0.6) is 0 Å². The lowest BCUT2D eigenvalue weighted by Gasteiger charge is -1.90. The zero-order valence-corrected chi connectivity index (χ0v) is 9.86. The molecule has 0 bridgehead atoms. The molecule has 0 aromatic carbocycles. The normalized spacial score (nSPS) is 8.18. The molecule has 0 saturated carbocycles. The van der Waals surface area contributed by atoms with E-state index in [1.54, 1.807) is 0 Å². The van der Waals surface area contributed by atoms with Gasteiger partial charge in [-0.3, -0.25) is 0 Å². The minimum atomic E-state index is 0.833. The smallest absolute Gasteiger partial charge is 0.0474 e. The molecule has 0 atom stereocenters. The van der Waals surface area contributed by atoms with Crippen molar-refractivity contribution in [1.82, 2.24) is 0 Å². The van der Waals surface area contributed by atoms with Gasteiger partial charge in [0.25, 0.3) is 0 Å². The van der Waals surface area contributed by atoms with Crippen LogP contribution in [0.3, 0.4) is 0 Å². The highest BCUT2D eigenvalue weighted by Gasteiger charge is 1.80. The van der Waals surface area contributed by atoms with Gasteiger partial charge in [0.1, 0.15) is 0 Å². The van der Waals surface area contributed by atoms with Crippen molar-refractivity contribution in [2.75, 3.05) is 0 Å². The van der Waals surface area contributed by atoms with Crippen LogP contribution in [0.15, 0.2) is 0 Å². The second-order valence-corrected chi connectivity index (χ2v) is 3.53. The van der Waals surface area contributed by atoms with E-state index >= 15 is 0 Å². The molecule has 0 heterocycles. The summed E-state index contributed by atoms with van der Waals surface area (Å²) in [6.45, 7) is 17.1. The zero-order valence-electron chi connectivity index (χ0n) is 9.86. The van der Waals surface area contributed by atoms with Crippen molar-refractivity contribution in [3.63, 3.8) is 0 Å². The highest BCUT2D eigenvalue weighted by atomic mass is 13.9. The second kappa shape index (κ2) is 16.5. The summed E-state index contributed by atoms with van der Waals surface area (Å²) in [6.07, 6.45) is 1.31. The first-order valence-electron chi connectivity index (χ1n) is 5.00. The summed E-state index contributed by atoms with van der Waals surface area (Å²) in [5.41, 5.74) is 0. The van der Waals surface area contributed by atoms with Crippen LogP contribution in [0, 0.1) is 11.8 Å². The van der Waals surface area contributed by atoms with Gasteiger partial charge >= 0.3 is 0 Å². The molecule has 0 unspecified atom stereocenters. The first-order valence-corrected chi connectivity index (χ1v) is 5.00. The second-order valence-electron chi connectivity index (χ2n) is 3.53. The van der Waals surface area contributed by atoms with Crippen LogP contribution in [-0.4, -0.2) is 0 Å². The molecule has 0 aromatic rings. The van der Waals surface area contributed by atoms with Gasteiger partial charge in [-0.15, -0.1) is 0 Å². The fourth-order valence-electron chi connectivity index (χ4n) is 0. The molecule has 0 N–H and O–H groups in total. The van der Waals surface area contributed by atoms with E-state index in [4.69, 9.17) is 0 Å². The number of hydrogen-bond acceptors (Lipinski definition) is 0. The highest BCUT2D eigenvalue weighted by Crippen LogP contribution is 1.93. The minimum absolute atomic E-state index is 0.833. The fourth-order valence-corrected chi connectivity index (χ4v) is 0. The third-order valence-electron chi connectivity index (χ3n) is 0.816. The van der Waals surface area contributed by atoms with Gasteiger partial charge in [-0.2, -0.15) is 0 Å². The van der Waals surface area contributed by atoms with E-state index in [0.717, 1.165) is 11.8 Å². The molecule has 72 valence electrons. The fraction of sp³-hybridized carbons (Fsp3) is 1.00. The quantitative estimate of drug-likeness (QED) is 0.519. The Balaban J connectivity index is -0.0000000965. The Labute approximate surface area is 74.4 Å². The van der Waals surface area contributed by atoms with Gasteiger partial charge in [-0.1, -0.05) is 61.8 Å². The first kappa shape index (κ1) is 17.2. The molecule has 0 radical (unpaired) electrons. The molecule has 0 aromatic heterocycles. The molecule has 0 saturated heterocycles. The lowest BCUT2D eigenvalue weighted by Crippen LogP contribution is -1.77. The Kier molecular flexibility index (Phi) is 25.8. The van der Waals surface area contributed by atoms with Gasteiger partial charge in [0.15, 0.2) is 0 Å². The van der Waals surface area contributed by atoms with E-state index in [0.29, 0.717) is 0 Å². The van der Waals surface area contributed by atoms with Crippen LogP contribution in [0.1, 0.15) is 61.8 Å². The van der Waals surface area contributed by atoms with E-state index in [2.05, 4.69) is 41.5 Å². The topological polar surface area (TPSA) is 0 Å². The molecule has 0 aliphatic heterocycles. The van der Waals surface area contributed by atoms with Crippen molar-refractivity contribution in [2.24, 2.45) is 11.8 Å². The van der Waals surface area contributed by atoms with Gasteiger partial charge in [0.05, 0.1) is 0 Å². The monoisotopic (exact) mass is 160 g/mol. The van der Waals surface area contributed by atoms with E-state index in [1.165, 1.54) is 6.42 Å².